The summed E-state index contributed by atoms with van der Waals surface area (Å²) in [6, 6.07) is 6.69. The normalized spacial score (nSPS) is 19.6. The Balaban J connectivity index is 1.86. The average Bonchev–Trinajstić information content (AvgIpc) is 2.98. The van der Waals surface area contributed by atoms with E-state index in [1.54, 1.807) is 37.3 Å². The van der Waals surface area contributed by atoms with Gasteiger partial charge in [-0.25, -0.2) is 4.79 Å². The zero-order valence-corrected chi connectivity index (χ0v) is 15.8. The first-order valence-corrected chi connectivity index (χ1v) is 9.53. The van der Waals surface area contributed by atoms with Crippen molar-refractivity contribution in [3.63, 3.8) is 0 Å². The molecule has 0 aromatic heterocycles. The van der Waals surface area contributed by atoms with Gasteiger partial charge in [-0.15, -0.1) is 0 Å². The molecule has 0 spiro atoms. The van der Waals surface area contributed by atoms with E-state index in [9.17, 15) is 19.8 Å². The number of carboxylic acids is 1. The van der Waals surface area contributed by atoms with Crippen molar-refractivity contribution in [2.45, 2.75) is 63.7 Å². The van der Waals surface area contributed by atoms with Gasteiger partial charge >= 0.3 is 5.97 Å². The standard InChI is InChI=1S/C21H29NO5/c1-15(23)3-2-4-19(24)11-9-18-10-12-20(25)22(18)14-13-16-5-7-17(8-6-16)21(26)27/h5-9,11,15,18-19,23-24H,2-4,10,12-14H2,1H3,(H,26,27)/t15-,18+,19+/m1/s1. The van der Waals surface area contributed by atoms with E-state index in [4.69, 9.17) is 5.11 Å². The summed E-state index contributed by atoms with van der Waals surface area (Å²) in [6.45, 7) is 2.30. The number of aliphatic hydroxyl groups is 2. The maximum atomic E-state index is 12.2. The van der Waals surface area contributed by atoms with Crippen LogP contribution in [-0.4, -0.2) is 56.9 Å². The number of rotatable bonds is 10. The van der Waals surface area contributed by atoms with Crippen LogP contribution in [0.3, 0.4) is 0 Å². The van der Waals surface area contributed by atoms with Crippen molar-refractivity contribution in [2.75, 3.05) is 6.54 Å². The van der Waals surface area contributed by atoms with Gasteiger partial charge in [0.1, 0.15) is 0 Å². The summed E-state index contributed by atoms with van der Waals surface area (Å²) >= 11 is 0. The monoisotopic (exact) mass is 375 g/mol. The zero-order valence-electron chi connectivity index (χ0n) is 15.8. The lowest BCUT2D eigenvalue weighted by Crippen LogP contribution is -2.33. The second kappa shape index (κ2) is 10.2. The van der Waals surface area contributed by atoms with Gasteiger partial charge in [0.25, 0.3) is 0 Å². The maximum Gasteiger partial charge on any atom is 0.335 e. The molecule has 1 aromatic carbocycles. The average molecular weight is 375 g/mol. The molecule has 1 amide bonds. The van der Waals surface area contributed by atoms with Crippen LogP contribution in [0.5, 0.6) is 0 Å². The molecule has 1 aliphatic heterocycles. The third-order valence-electron chi connectivity index (χ3n) is 4.89. The Morgan fingerprint density at radius 1 is 1.26 bits per heavy atom. The van der Waals surface area contributed by atoms with E-state index >= 15 is 0 Å². The van der Waals surface area contributed by atoms with Crippen molar-refractivity contribution in [1.29, 1.82) is 0 Å². The number of carboxylic acid groups (broad SMARTS) is 1. The van der Waals surface area contributed by atoms with Crippen molar-refractivity contribution < 1.29 is 24.9 Å². The van der Waals surface area contributed by atoms with E-state index in [0.717, 1.165) is 18.4 Å². The van der Waals surface area contributed by atoms with Gasteiger partial charge in [0.2, 0.25) is 5.91 Å². The number of hydrogen-bond donors (Lipinski definition) is 3. The largest absolute Gasteiger partial charge is 0.478 e. The van der Waals surface area contributed by atoms with E-state index in [0.29, 0.717) is 32.2 Å². The minimum absolute atomic E-state index is 0.0118. The molecule has 0 unspecified atom stereocenters. The van der Waals surface area contributed by atoms with Crippen LogP contribution in [0.2, 0.25) is 0 Å². The van der Waals surface area contributed by atoms with Crippen molar-refractivity contribution >= 4 is 11.9 Å². The molecule has 1 saturated heterocycles. The lowest BCUT2D eigenvalue weighted by Gasteiger charge is -2.23. The molecule has 6 heteroatoms. The minimum Gasteiger partial charge on any atom is -0.478 e. The Morgan fingerprint density at radius 2 is 1.96 bits per heavy atom. The van der Waals surface area contributed by atoms with Gasteiger partial charge in [0.15, 0.2) is 0 Å². The fraction of sp³-hybridized carbons (Fsp3) is 0.524. The van der Waals surface area contributed by atoms with Gasteiger partial charge in [0, 0.05) is 13.0 Å². The Bertz CT molecular complexity index is 653. The summed E-state index contributed by atoms with van der Waals surface area (Å²) in [5, 5.41) is 28.2. The molecular weight excluding hydrogens is 346 g/mol. The molecule has 3 N–H and O–H groups in total. The van der Waals surface area contributed by atoms with Gasteiger partial charge in [-0.05, 0) is 56.7 Å². The van der Waals surface area contributed by atoms with Crippen molar-refractivity contribution in [3.8, 4) is 0 Å². The molecule has 1 heterocycles. The van der Waals surface area contributed by atoms with E-state index in [-0.39, 0.29) is 23.6 Å². The first kappa shape index (κ1) is 21.1. The number of amides is 1. The molecule has 27 heavy (non-hydrogen) atoms. The van der Waals surface area contributed by atoms with Gasteiger partial charge in [-0.1, -0.05) is 24.3 Å². The molecule has 0 aliphatic carbocycles. The van der Waals surface area contributed by atoms with Crippen LogP contribution in [0, 0.1) is 0 Å². The first-order chi connectivity index (χ1) is 12.9. The van der Waals surface area contributed by atoms with Gasteiger partial charge in [-0.2, -0.15) is 0 Å². The lowest BCUT2D eigenvalue weighted by molar-refractivity contribution is -0.128. The quantitative estimate of drug-likeness (QED) is 0.546. The van der Waals surface area contributed by atoms with Crippen LogP contribution in [0.25, 0.3) is 0 Å². The van der Waals surface area contributed by atoms with E-state index in [2.05, 4.69) is 0 Å². The Morgan fingerprint density at radius 3 is 2.59 bits per heavy atom. The number of hydrogen-bond acceptors (Lipinski definition) is 4. The Labute approximate surface area is 160 Å². The molecule has 1 aromatic rings. The number of aliphatic hydroxyl groups excluding tert-OH is 2. The fourth-order valence-corrected chi connectivity index (χ4v) is 3.29. The summed E-state index contributed by atoms with van der Waals surface area (Å²) in [4.78, 5) is 24.9. The van der Waals surface area contributed by atoms with E-state index in [1.165, 1.54) is 0 Å². The summed E-state index contributed by atoms with van der Waals surface area (Å²) in [5.74, 6) is -0.844. The van der Waals surface area contributed by atoms with Crippen LogP contribution in [-0.2, 0) is 11.2 Å². The van der Waals surface area contributed by atoms with E-state index < -0.39 is 12.1 Å². The first-order valence-electron chi connectivity index (χ1n) is 9.53. The Kier molecular flexibility index (Phi) is 8.00. The second-order valence-electron chi connectivity index (χ2n) is 7.18. The molecule has 0 bridgehead atoms. The van der Waals surface area contributed by atoms with Gasteiger partial charge in [0.05, 0.1) is 23.8 Å². The smallest absolute Gasteiger partial charge is 0.335 e. The molecule has 1 fully saturated rings. The van der Waals surface area contributed by atoms with Crippen LogP contribution < -0.4 is 0 Å². The third-order valence-corrected chi connectivity index (χ3v) is 4.89. The maximum absolute atomic E-state index is 12.2. The summed E-state index contributed by atoms with van der Waals surface area (Å²) in [6.07, 6.45) is 6.66. The Hall–Kier alpha value is -2.18. The van der Waals surface area contributed by atoms with Gasteiger partial charge < -0.3 is 20.2 Å². The van der Waals surface area contributed by atoms with Crippen molar-refractivity contribution in [2.24, 2.45) is 0 Å². The SMILES string of the molecule is C[C@@H](O)CCC[C@H](O)C=C[C@H]1CCC(=O)N1CCc1ccc(C(=O)O)cc1. The zero-order chi connectivity index (χ0) is 19.8. The number of carbonyl (C=O) groups excluding carboxylic acids is 1. The molecule has 1 aliphatic rings. The van der Waals surface area contributed by atoms with Crippen LogP contribution in [0.15, 0.2) is 36.4 Å². The molecule has 0 radical (unpaired) electrons. The number of carbonyl (C=O) groups is 2. The summed E-state index contributed by atoms with van der Waals surface area (Å²) in [7, 11) is 0. The highest BCUT2D eigenvalue weighted by Gasteiger charge is 2.28. The summed E-state index contributed by atoms with van der Waals surface area (Å²) in [5.41, 5.74) is 1.24. The second-order valence-corrected chi connectivity index (χ2v) is 7.18. The number of nitrogens with zero attached hydrogens (tertiary/aromatic N) is 1. The highest BCUT2D eigenvalue weighted by atomic mass is 16.4. The highest BCUT2D eigenvalue weighted by molar-refractivity contribution is 5.87. The van der Waals surface area contributed by atoms with Crippen molar-refractivity contribution in [1.82, 2.24) is 4.90 Å². The highest BCUT2D eigenvalue weighted by Crippen LogP contribution is 2.21. The minimum atomic E-state index is -0.950. The van der Waals surface area contributed by atoms with Crippen molar-refractivity contribution in [3.05, 3.63) is 47.5 Å². The van der Waals surface area contributed by atoms with Crippen LogP contribution in [0.4, 0.5) is 0 Å². The molecular formula is C21H29NO5. The summed E-state index contributed by atoms with van der Waals surface area (Å²) < 4.78 is 0. The van der Waals surface area contributed by atoms with E-state index in [1.807, 2.05) is 11.0 Å². The molecule has 3 atom stereocenters. The lowest BCUT2D eigenvalue weighted by atomic mass is 10.1. The van der Waals surface area contributed by atoms with Crippen LogP contribution in [0.1, 0.15) is 54.9 Å². The number of aromatic carboxylic acids is 1. The number of benzene rings is 1. The fourth-order valence-electron chi connectivity index (χ4n) is 3.29. The molecule has 148 valence electrons. The number of likely N-dealkylation sites (tertiary alicyclic amines) is 1. The van der Waals surface area contributed by atoms with Crippen LogP contribution >= 0.6 is 0 Å². The predicted molar refractivity (Wildman–Crippen MR) is 103 cm³/mol. The topological polar surface area (TPSA) is 98.1 Å². The third kappa shape index (κ3) is 6.81. The molecule has 6 nitrogen and oxygen atoms in total. The molecule has 2 rings (SSSR count). The molecule has 0 saturated carbocycles. The predicted octanol–water partition coefficient (Wildman–Crippen LogP) is 2.39. The van der Waals surface area contributed by atoms with Gasteiger partial charge in [-0.3, -0.25) is 4.79 Å².